The molecule has 5 heteroatoms. The monoisotopic (exact) mass is 305 g/mol. The Labute approximate surface area is 130 Å². The minimum atomic E-state index is -0.116. The maximum Gasteiger partial charge on any atom is 0.263 e. The zero-order valence-electron chi connectivity index (χ0n) is 12.7. The summed E-state index contributed by atoms with van der Waals surface area (Å²) in [4.78, 5) is 12.8. The molecule has 1 aromatic heterocycles. The van der Waals surface area contributed by atoms with Gasteiger partial charge >= 0.3 is 0 Å². The predicted molar refractivity (Wildman–Crippen MR) is 91.2 cm³/mol. The van der Waals surface area contributed by atoms with Gasteiger partial charge in [-0.3, -0.25) is 4.79 Å². The summed E-state index contributed by atoms with van der Waals surface area (Å²) in [5.41, 5.74) is 9.26. The van der Waals surface area contributed by atoms with E-state index in [4.69, 9.17) is 5.73 Å². The average molecular weight is 305 g/mol. The third kappa shape index (κ3) is 3.88. The smallest absolute Gasteiger partial charge is 0.263 e. The molecule has 1 aliphatic carbocycles. The second-order valence-corrected chi connectivity index (χ2v) is 6.54. The normalized spacial score (nSPS) is 13.6. The molecular weight excluding hydrogens is 282 g/mol. The topological polar surface area (TPSA) is 67.2 Å². The molecule has 0 aromatic carbocycles. The van der Waals surface area contributed by atoms with Gasteiger partial charge in [0.1, 0.15) is 4.88 Å². The van der Waals surface area contributed by atoms with Crippen molar-refractivity contribution in [2.45, 2.75) is 32.6 Å². The Hall–Kier alpha value is -1.75. The number of rotatable bonds is 7. The zero-order valence-corrected chi connectivity index (χ0v) is 13.5. The van der Waals surface area contributed by atoms with E-state index >= 15 is 0 Å². The van der Waals surface area contributed by atoms with Gasteiger partial charge in [0.2, 0.25) is 0 Å². The van der Waals surface area contributed by atoms with Gasteiger partial charge in [-0.2, -0.15) is 0 Å². The number of allylic oxidation sites excluding steroid dienone is 1. The third-order valence-electron chi connectivity index (χ3n) is 3.36. The molecule has 0 atom stereocenters. The van der Waals surface area contributed by atoms with Gasteiger partial charge in [-0.05, 0) is 32.6 Å². The molecular formula is C16H23N3OS. The van der Waals surface area contributed by atoms with Crippen LogP contribution in [0.15, 0.2) is 24.3 Å². The lowest BCUT2D eigenvalue weighted by Crippen LogP contribution is -2.23. The summed E-state index contributed by atoms with van der Waals surface area (Å²) in [5, 5.41) is 7.24. The summed E-state index contributed by atoms with van der Waals surface area (Å²) in [7, 11) is 0. The van der Waals surface area contributed by atoms with Crippen molar-refractivity contribution in [1.82, 2.24) is 5.32 Å². The molecule has 21 heavy (non-hydrogen) atoms. The highest BCUT2D eigenvalue weighted by Gasteiger charge is 2.32. The zero-order chi connectivity index (χ0) is 15.4. The van der Waals surface area contributed by atoms with E-state index in [1.165, 1.54) is 16.9 Å². The van der Waals surface area contributed by atoms with Gasteiger partial charge in [0.05, 0.1) is 10.7 Å². The Morgan fingerprint density at radius 2 is 2.14 bits per heavy atom. The molecule has 1 amide bonds. The van der Waals surface area contributed by atoms with Gasteiger partial charge in [0, 0.05) is 18.7 Å². The highest BCUT2D eigenvalue weighted by atomic mass is 32.1. The molecule has 1 aliphatic rings. The van der Waals surface area contributed by atoms with Crippen molar-refractivity contribution in [3.05, 3.63) is 34.7 Å². The van der Waals surface area contributed by atoms with Crippen molar-refractivity contribution >= 4 is 27.9 Å². The third-order valence-corrected chi connectivity index (χ3v) is 4.53. The molecule has 0 unspecified atom stereocenters. The van der Waals surface area contributed by atoms with Crippen LogP contribution in [0.1, 0.15) is 47.8 Å². The van der Waals surface area contributed by atoms with Gasteiger partial charge < -0.3 is 16.4 Å². The second-order valence-electron chi connectivity index (χ2n) is 5.52. The lowest BCUT2D eigenvalue weighted by Gasteiger charge is -2.05. The first kappa shape index (κ1) is 15.6. The van der Waals surface area contributed by atoms with E-state index in [1.54, 1.807) is 6.08 Å². The molecule has 1 heterocycles. The Kier molecular flexibility index (Phi) is 5.07. The maximum absolute atomic E-state index is 12.1. The molecule has 2 rings (SSSR count). The van der Waals surface area contributed by atoms with Crippen molar-refractivity contribution in [2.24, 2.45) is 0 Å². The van der Waals surface area contributed by atoms with Crippen LogP contribution in [-0.4, -0.2) is 19.0 Å². The van der Waals surface area contributed by atoms with E-state index in [1.807, 2.05) is 0 Å². The molecule has 1 saturated carbocycles. The lowest BCUT2D eigenvalue weighted by molar-refractivity contribution is 0.0963. The van der Waals surface area contributed by atoms with Gasteiger partial charge in [0.25, 0.3) is 5.91 Å². The summed E-state index contributed by atoms with van der Waals surface area (Å²) in [6.07, 6.45) is 6.11. The highest BCUT2D eigenvalue weighted by Crippen LogP contribution is 2.50. The summed E-state index contributed by atoms with van der Waals surface area (Å²) in [5.74, 6) is 0.394. The minimum Gasteiger partial charge on any atom is -0.397 e. The average Bonchev–Trinajstić information content (AvgIpc) is 3.21. The predicted octanol–water partition coefficient (Wildman–Crippen LogP) is 3.50. The lowest BCUT2D eigenvalue weighted by atomic mass is 10.1. The molecule has 4 nitrogen and oxygen atoms in total. The van der Waals surface area contributed by atoms with Crippen LogP contribution in [0.4, 0.5) is 10.7 Å². The fraction of sp³-hybridized carbons (Fsp3) is 0.438. The standard InChI is InChI=1S/C16H23N3OS/c1-4-8-18-15(20)14-13(17)12(11-5-6-11)16(21-14)19-9-7-10(2)3/h4,7,11,19H,1,5-6,8-9,17H2,2-3H3,(H,18,20). The number of carbonyl (C=O) groups is 1. The van der Waals surface area contributed by atoms with Gasteiger partial charge in [0.15, 0.2) is 0 Å². The highest BCUT2D eigenvalue weighted by molar-refractivity contribution is 7.18. The molecule has 1 fully saturated rings. The van der Waals surface area contributed by atoms with Crippen LogP contribution in [0.2, 0.25) is 0 Å². The molecule has 0 bridgehead atoms. The van der Waals surface area contributed by atoms with E-state index in [-0.39, 0.29) is 5.91 Å². The quantitative estimate of drug-likeness (QED) is 0.675. The number of nitrogens with one attached hydrogen (secondary N) is 2. The molecule has 0 radical (unpaired) electrons. The van der Waals surface area contributed by atoms with Crippen molar-refractivity contribution < 1.29 is 4.79 Å². The fourth-order valence-electron chi connectivity index (χ4n) is 2.13. The van der Waals surface area contributed by atoms with Crippen LogP contribution < -0.4 is 16.4 Å². The van der Waals surface area contributed by atoms with E-state index in [0.29, 0.717) is 23.0 Å². The first-order valence-electron chi connectivity index (χ1n) is 7.23. The summed E-state index contributed by atoms with van der Waals surface area (Å²) in [6, 6.07) is 0. The molecule has 114 valence electrons. The number of amides is 1. The van der Waals surface area contributed by atoms with Crippen LogP contribution in [0.3, 0.4) is 0 Å². The summed E-state index contributed by atoms with van der Waals surface area (Å²) >= 11 is 1.45. The fourth-order valence-corrected chi connectivity index (χ4v) is 3.26. The summed E-state index contributed by atoms with van der Waals surface area (Å²) in [6.45, 7) is 8.96. The van der Waals surface area contributed by atoms with Crippen molar-refractivity contribution in [3.8, 4) is 0 Å². The number of nitrogens with two attached hydrogens (primary N) is 1. The van der Waals surface area contributed by atoms with E-state index in [0.717, 1.165) is 30.0 Å². The van der Waals surface area contributed by atoms with Crippen molar-refractivity contribution in [2.75, 3.05) is 24.1 Å². The Morgan fingerprint density at radius 3 is 2.71 bits per heavy atom. The number of hydrogen-bond acceptors (Lipinski definition) is 4. The number of hydrogen-bond donors (Lipinski definition) is 3. The molecule has 4 N–H and O–H groups in total. The maximum atomic E-state index is 12.1. The van der Waals surface area contributed by atoms with Gasteiger partial charge in [-0.15, -0.1) is 17.9 Å². The first-order valence-corrected chi connectivity index (χ1v) is 8.04. The van der Waals surface area contributed by atoms with E-state index in [2.05, 4.69) is 37.1 Å². The van der Waals surface area contributed by atoms with Crippen LogP contribution in [-0.2, 0) is 0 Å². The minimum absolute atomic E-state index is 0.116. The Balaban J connectivity index is 2.20. The van der Waals surface area contributed by atoms with Crippen LogP contribution in [0.25, 0.3) is 0 Å². The van der Waals surface area contributed by atoms with E-state index < -0.39 is 0 Å². The largest absolute Gasteiger partial charge is 0.397 e. The van der Waals surface area contributed by atoms with Crippen LogP contribution in [0, 0.1) is 0 Å². The van der Waals surface area contributed by atoms with Crippen LogP contribution in [0.5, 0.6) is 0 Å². The van der Waals surface area contributed by atoms with Crippen LogP contribution >= 0.6 is 11.3 Å². The Morgan fingerprint density at radius 1 is 1.43 bits per heavy atom. The number of anilines is 2. The van der Waals surface area contributed by atoms with E-state index in [9.17, 15) is 4.79 Å². The molecule has 0 aliphatic heterocycles. The van der Waals surface area contributed by atoms with Crippen molar-refractivity contribution in [1.29, 1.82) is 0 Å². The van der Waals surface area contributed by atoms with Crippen molar-refractivity contribution in [3.63, 3.8) is 0 Å². The molecule has 0 spiro atoms. The summed E-state index contributed by atoms with van der Waals surface area (Å²) < 4.78 is 0. The van der Waals surface area contributed by atoms with Gasteiger partial charge in [-0.25, -0.2) is 0 Å². The molecule has 0 saturated heterocycles. The first-order chi connectivity index (χ1) is 10.0. The second kappa shape index (κ2) is 6.80. The number of thiophene rings is 1. The number of carbonyl (C=O) groups excluding carboxylic acids is 1. The SMILES string of the molecule is C=CCNC(=O)c1sc(NCC=C(C)C)c(C2CC2)c1N. The molecule has 1 aromatic rings. The number of nitrogen functional groups attached to an aromatic ring is 1. The Bertz CT molecular complexity index is 566. The van der Waals surface area contributed by atoms with Gasteiger partial charge in [-0.1, -0.05) is 17.7 Å².